The Bertz CT molecular complexity index is 651. The highest BCUT2D eigenvalue weighted by molar-refractivity contribution is 5.89. The molecule has 25 heavy (non-hydrogen) atoms. The number of amides is 1. The fourth-order valence-corrected chi connectivity index (χ4v) is 1.71. The van der Waals surface area contributed by atoms with Gasteiger partial charge in [0.15, 0.2) is 24.7 Å². The summed E-state index contributed by atoms with van der Waals surface area (Å²) < 4.78 is 20.0. The molecule has 0 aromatic heterocycles. The van der Waals surface area contributed by atoms with Crippen LogP contribution in [0.25, 0.3) is 6.08 Å². The molecule has 134 valence electrons. The molecule has 0 heterocycles. The van der Waals surface area contributed by atoms with Gasteiger partial charge in [-0.15, -0.1) is 0 Å². The van der Waals surface area contributed by atoms with Crippen LogP contribution in [0.3, 0.4) is 0 Å². The summed E-state index contributed by atoms with van der Waals surface area (Å²) in [6, 6.07) is 6.84. The Morgan fingerprint density at radius 2 is 2.08 bits per heavy atom. The van der Waals surface area contributed by atoms with Crippen molar-refractivity contribution in [2.24, 2.45) is 0 Å². The maximum atomic E-state index is 11.6. The Morgan fingerprint density at radius 1 is 1.28 bits per heavy atom. The molecular formula is C17H20N2O6. The average molecular weight is 348 g/mol. The van der Waals surface area contributed by atoms with Gasteiger partial charge in [-0.2, -0.15) is 5.26 Å². The highest BCUT2D eigenvalue weighted by atomic mass is 16.5. The molecule has 0 aliphatic heterocycles. The van der Waals surface area contributed by atoms with Crippen molar-refractivity contribution in [1.29, 1.82) is 5.26 Å². The van der Waals surface area contributed by atoms with Gasteiger partial charge in [-0.25, -0.2) is 4.79 Å². The number of benzene rings is 1. The molecule has 1 amide bonds. The predicted molar refractivity (Wildman–Crippen MR) is 89.0 cm³/mol. The number of nitrogens with zero attached hydrogens (tertiary/aromatic N) is 1. The first kappa shape index (κ1) is 20.0. The Hall–Kier alpha value is -3.05. The molecule has 8 nitrogen and oxygen atoms in total. The number of nitrogens with one attached hydrogen (secondary N) is 1. The van der Waals surface area contributed by atoms with Crippen molar-refractivity contribution in [3.05, 3.63) is 29.8 Å². The van der Waals surface area contributed by atoms with Gasteiger partial charge in [-0.1, -0.05) is 6.07 Å². The summed E-state index contributed by atoms with van der Waals surface area (Å²) in [5, 5.41) is 11.1. The standard InChI is InChI=1S/C17H20N2O6/c1-22-10-8-19-16(20)12-25-17(21)6-4-13-3-5-14(24-9-7-18)15(11-13)23-2/h3-6,11H,8-10,12H2,1-2H3,(H,19,20)/b6-4+. The number of ether oxygens (including phenoxy) is 4. The van der Waals surface area contributed by atoms with Gasteiger partial charge in [0.1, 0.15) is 6.07 Å². The van der Waals surface area contributed by atoms with Crippen molar-refractivity contribution >= 4 is 18.0 Å². The molecule has 0 radical (unpaired) electrons. The quantitative estimate of drug-likeness (QED) is 0.380. The molecule has 1 rings (SSSR count). The third kappa shape index (κ3) is 7.85. The van der Waals surface area contributed by atoms with Gasteiger partial charge in [0.25, 0.3) is 5.91 Å². The van der Waals surface area contributed by atoms with Crippen molar-refractivity contribution < 1.29 is 28.5 Å². The van der Waals surface area contributed by atoms with E-state index in [0.29, 0.717) is 30.2 Å². The molecule has 0 spiro atoms. The van der Waals surface area contributed by atoms with Crippen molar-refractivity contribution in [3.63, 3.8) is 0 Å². The number of carbonyl (C=O) groups is 2. The zero-order chi connectivity index (χ0) is 18.5. The summed E-state index contributed by atoms with van der Waals surface area (Å²) in [5.41, 5.74) is 0.669. The second-order valence-electron chi connectivity index (χ2n) is 4.64. The Kier molecular flexibility index (Phi) is 9.18. The van der Waals surface area contributed by atoms with E-state index >= 15 is 0 Å². The van der Waals surface area contributed by atoms with Crippen molar-refractivity contribution in [2.45, 2.75) is 0 Å². The van der Waals surface area contributed by atoms with Crippen LogP contribution in [-0.2, 0) is 19.1 Å². The molecule has 1 aromatic carbocycles. The number of carbonyl (C=O) groups excluding carboxylic acids is 2. The number of esters is 1. The molecule has 0 aliphatic rings. The maximum Gasteiger partial charge on any atom is 0.331 e. The fourth-order valence-electron chi connectivity index (χ4n) is 1.71. The van der Waals surface area contributed by atoms with Crippen LogP contribution in [0.1, 0.15) is 5.56 Å². The third-order valence-electron chi connectivity index (χ3n) is 2.87. The highest BCUT2D eigenvalue weighted by Gasteiger charge is 2.06. The normalized spacial score (nSPS) is 10.1. The molecule has 0 aliphatic carbocycles. The first-order chi connectivity index (χ1) is 12.1. The lowest BCUT2D eigenvalue weighted by Gasteiger charge is -2.08. The molecule has 0 saturated heterocycles. The van der Waals surface area contributed by atoms with Crippen molar-refractivity contribution in [1.82, 2.24) is 5.32 Å². The monoisotopic (exact) mass is 348 g/mol. The molecule has 0 bridgehead atoms. The van der Waals surface area contributed by atoms with Crippen LogP contribution in [0.15, 0.2) is 24.3 Å². The minimum absolute atomic E-state index is 0.0929. The van der Waals surface area contributed by atoms with Crippen LogP contribution in [0.5, 0.6) is 11.5 Å². The van der Waals surface area contributed by atoms with Gasteiger partial charge < -0.3 is 24.3 Å². The molecular weight excluding hydrogens is 328 g/mol. The van der Waals surface area contributed by atoms with Crippen LogP contribution < -0.4 is 14.8 Å². The lowest BCUT2D eigenvalue weighted by atomic mass is 10.2. The summed E-state index contributed by atoms with van der Waals surface area (Å²) >= 11 is 0. The smallest absolute Gasteiger partial charge is 0.331 e. The van der Waals surface area contributed by atoms with Crippen molar-refractivity contribution in [2.75, 3.05) is 40.6 Å². The van der Waals surface area contributed by atoms with Gasteiger partial charge in [-0.3, -0.25) is 4.79 Å². The minimum Gasteiger partial charge on any atom is -0.493 e. The van der Waals surface area contributed by atoms with Crippen LogP contribution in [0.4, 0.5) is 0 Å². The Labute approximate surface area is 145 Å². The Morgan fingerprint density at radius 3 is 2.76 bits per heavy atom. The SMILES string of the molecule is COCCNC(=O)COC(=O)/C=C/c1ccc(OCC#N)c(OC)c1. The van der Waals surface area contributed by atoms with Crippen LogP contribution in [0.2, 0.25) is 0 Å². The minimum atomic E-state index is -0.648. The van der Waals surface area contributed by atoms with E-state index in [1.165, 1.54) is 26.4 Å². The fraction of sp³-hybridized carbons (Fsp3) is 0.353. The Balaban J connectivity index is 2.53. The van der Waals surface area contributed by atoms with Crippen LogP contribution in [0, 0.1) is 11.3 Å². The maximum absolute atomic E-state index is 11.6. The molecule has 0 atom stereocenters. The lowest BCUT2D eigenvalue weighted by Crippen LogP contribution is -2.31. The van der Waals surface area contributed by atoms with Gasteiger partial charge in [0, 0.05) is 19.7 Å². The topological polar surface area (TPSA) is 107 Å². The van der Waals surface area contributed by atoms with E-state index in [1.807, 2.05) is 6.07 Å². The summed E-state index contributed by atoms with van der Waals surface area (Å²) in [5.74, 6) is -0.190. The summed E-state index contributed by atoms with van der Waals surface area (Å²) in [6.07, 6.45) is 2.72. The number of methoxy groups -OCH3 is 2. The second kappa shape index (κ2) is 11.5. The molecule has 1 aromatic rings. The highest BCUT2D eigenvalue weighted by Crippen LogP contribution is 2.28. The van der Waals surface area contributed by atoms with E-state index in [4.69, 9.17) is 24.2 Å². The number of hydrogen-bond donors (Lipinski definition) is 1. The number of hydrogen-bond acceptors (Lipinski definition) is 7. The largest absolute Gasteiger partial charge is 0.493 e. The van der Waals surface area contributed by atoms with E-state index in [0.717, 1.165) is 0 Å². The first-order valence-electron chi connectivity index (χ1n) is 7.39. The van der Waals surface area contributed by atoms with E-state index in [9.17, 15) is 9.59 Å². The van der Waals surface area contributed by atoms with Gasteiger partial charge in [0.2, 0.25) is 0 Å². The summed E-state index contributed by atoms with van der Waals surface area (Å²) in [4.78, 5) is 23.0. The van der Waals surface area contributed by atoms with Crippen LogP contribution in [-0.4, -0.2) is 52.5 Å². The number of rotatable bonds is 10. The number of nitriles is 1. The second-order valence-corrected chi connectivity index (χ2v) is 4.64. The molecule has 1 N–H and O–H groups in total. The predicted octanol–water partition coefficient (Wildman–Crippen LogP) is 0.917. The van der Waals surface area contributed by atoms with Crippen molar-refractivity contribution in [3.8, 4) is 17.6 Å². The zero-order valence-electron chi connectivity index (χ0n) is 14.1. The first-order valence-corrected chi connectivity index (χ1v) is 7.39. The molecule has 0 unspecified atom stereocenters. The summed E-state index contributed by atoms with van der Waals surface area (Å²) in [7, 11) is 2.99. The van der Waals surface area contributed by atoms with E-state index in [1.54, 1.807) is 18.2 Å². The third-order valence-corrected chi connectivity index (χ3v) is 2.87. The van der Waals surface area contributed by atoms with E-state index in [-0.39, 0.29) is 13.2 Å². The van der Waals surface area contributed by atoms with Gasteiger partial charge >= 0.3 is 5.97 Å². The zero-order valence-corrected chi connectivity index (χ0v) is 14.1. The van der Waals surface area contributed by atoms with Crippen LogP contribution >= 0.6 is 0 Å². The lowest BCUT2D eigenvalue weighted by molar-refractivity contribution is -0.143. The van der Waals surface area contributed by atoms with Gasteiger partial charge in [0.05, 0.1) is 13.7 Å². The molecule has 0 saturated carbocycles. The van der Waals surface area contributed by atoms with Gasteiger partial charge in [-0.05, 0) is 23.8 Å². The summed E-state index contributed by atoms with van der Waals surface area (Å²) in [6.45, 7) is 0.277. The molecule has 0 fully saturated rings. The molecule has 8 heteroatoms. The van der Waals surface area contributed by atoms with E-state index in [2.05, 4.69) is 5.32 Å². The van der Waals surface area contributed by atoms with E-state index < -0.39 is 11.9 Å². The average Bonchev–Trinajstić information content (AvgIpc) is 2.63.